The summed E-state index contributed by atoms with van der Waals surface area (Å²) in [6.07, 6.45) is 0.933. The molecule has 0 aromatic carbocycles. The van der Waals surface area contributed by atoms with Gasteiger partial charge in [0, 0.05) is 6.54 Å². The summed E-state index contributed by atoms with van der Waals surface area (Å²) in [7, 11) is 0. The molecule has 0 saturated heterocycles. The Labute approximate surface area is 99.2 Å². The first-order chi connectivity index (χ1) is 7.84. The van der Waals surface area contributed by atoms with Crippen LogP contribution in [-0.2, 0) is 9.59 Å². The Kier molecular flexibility index (Phi) is 6.64. The molecule has 0 bridgehead atoms. The summed E-state index contributed by atoms with van der Waals surface area (Å²) in [5, 5.41) is 10.9. The van der Waals surface area contributed by atoms with E-state index in [1.54, 1.807) is 0 Å². The Bertz CT molecular complexity index is 301. The van der Waals surface area contributed by atoms with Gasteiger partial charge in [-0.25, -0.2) is 0 Å². The molecule has 0 aromatic heterocycles. The van der Waals surface area contributed by atoms with E-state index in [1.165, 1.54) is 6.92 Å². The van der Waals surface area contributed by atoms with Gasteiger partial charge in [-0.05, 0) is 19.8 Å². The van der Waals surface area contributed by atoms with Crippen molar-refractivity contribution in [1.29, 1.82) is 0 Å². The molecule has 0 rings (SSSR count). The van der Waals surface area contributed by atoms with Gasteiger partial charge in [0.05, 0.1) is 6.04 Å². The summed E-state index contributed by atoms with van der Waals surface area (Å²) in [6.45, 7) is 1.75. The lowest BCUT2D eigenvalue weighted by molar-refractivity contribution is -0.141. The number of hydrogen-bond donors (Lipinski definition) is 5. The van der Waals surface area contributed by atoms with E-state index in [0.717, 1.165) is 0 Å². The van der Waals surface area contributed by atoms with E-state index in [0.29, 0.717) is 19.4 Å². The third-order valence-corrected chi connectivity index (χ3v) is 2.03. The van der Waals surface area contributed by atoms with Gasteiger partial charge in [0.1, 0.15) is 6.04 Å². The summed E-state index contributed by atoms with van der Waals surface area (Å²) < 4.78 is 0. The molecule has 0 aliphatic heterocycles. The molecular formula is C9H19N5O3. The Morgan fingerprint density at radius 1 is 1.41 bits per heavy atom. The monoisotopic (exact) mass is 245 g/mol. The number of hydrogen-bond acceptors (Lipinski definition) is 4. The minimum absolute atomic E-state index is 0.0116. The topological polar surface area (TPSA) is 157 Å². The van der Waals surface area contributed by atoms with Crippen LogP contribution in [0.15, 0.2) is 4.99 Å². The molecule has 0 fully saturated rings. The predicted octanol–water partition coefficient (Wildman–Crippen LogP) is -2.04. The number of carboxylic acid groups (broad SMARTS) is 1. The predicted molar refractivity (Wildman–Crippen MR) is 63.1 cm³/mol. The first-order valence-electron chi connectivity index (χ1n) is 5.18. The van der Waals surface area contributed by atoms with Crippen LogP contribution in [-0.4, -0.2) is 41.6 Å². The lowest BCUT2D eigenvalue weighted by Crippen LogP contribution is -2.47. The molecule has 0 aromatic rings. The van der Waals surface area contributed by atoms with Crippen molar-refractivity contribution in [2.24, 2.45) is 22.2 Å². The van der Waals surface area contributed by atoms with Gasteiger partial charge in [-0.3, -0.25) is 14.6 Å². The van der Waals surface area contributed by atoms with Gasteiger partial charge >= 0.3 is 5.97 Å². The van der Waals surface area contributed by atoms with Crippen LogP contribution in [0.25, 0.3) is 0 Å². The first-order valence-corrected chi connectivity index (χ1v) is 5.18. The molecule has 0 radical (unpaired) electrons. The molecule has 17 heavy (non-hydrogen) atoms. The number of amides is 1. The van der Waals surface area contributed by atoms with Crippen molar-refractivity contribution < 1.29 is 14.7 Å². The minimum atomic E-state index is -1.11. The highest BCUT2D eigenvalue weighted by Gasteiger charge is 2.18. The number of rotatable bonds is 7. The normalized spacial score (nSPS) is 13.5. The van der Waals surface area contributed by atoms with Gasteiger partial charge in [0.15, 0.2) is 5.96 Å². The number of aliphatic carboxylic acids is 1. The second-order valence-electron chi connectivity index (χ2n) is 3.62. The molecule has 0 aliphatic rings. The third kappa shape index (κ3) is 7.12. The Morgan fingerprint density at radius 3 is 2.47 bits per heavy atom. The summed E-state index contributed by atoms with van der Waals surface area (Å²) >= 11 is 0. The smallest absolute Gasteiger partial charge is 0.325 e. The minimum Gasteiger partial charge on any atom is -0.480 e. The van der Waals surface area contributed by atoms with Crippen LogP contribution in [0.5, 0.6) is 0 Å². The van der Waals surface area contributed by atoms with E-state index in [-0.39, 0.29) is 5.96 Å². The quantitative estimate of drug-likeness (QED) is 0.197. The zero-order valence-corrected chi connectivity index (χ0v) is 9.72. The zero-order valence-electron chi connectivity index (χ0n) is 9.72. The highest BCUT2D eigenvalue weighted by Crippen LogP contribution is 1.96. The number of nitrogens with zero attached hydrogens (tertiary/aromatic N) is 1. The van der Waals surface area contributed by atoms with Crippen molar-refractivity contribution in [3.05, 3.63) is 0 Å². The average Bonchev–Trinajstić information content (AvgIpc) is 2.23. The van der Waals surface area contributed by atoms with Crippen molar-refractivity contribution in [3.8, 4) is 0 Å². The van der Waals surface area contributed by atoms with Crippen LogP contribution in [0.1, 0.15) is 19.8 Å². The molecule has 98 valence electrons. The van der Waals surface area contributed by atoms with E-state index >= 15 is 0 Å². The number of carbonyl (C=O) groups excluding carboxylic acids is 1. The number of guanidine groups is 1. The molecule has 0 spiro atoms. The maximum absolute atomic E-state index is 11.4. The summed E-state index contributed by atoms with van der Waals surface area (Å²) in [6, 6.07) is -1.71. The molecule has 8 heteroatoms. The number of nitrogens with one attached hydrogen (secondary N) is 1. The Hall–Kier alpha value is -1.83. The standard InChI is InChI=1S/C9H19N5O3/c1-5(8(16)17)14-7(15)6(10)3-2-4-13-9(11)12/h5-6H,2-4,10H2,1H3,(H,14,15)(H,16,17)(H4,11,12,13)/t5-,6+/m1/s1. The number of nitrogens with two attached hydrogens (primary N) is 3. The molecule has 1 amide bonds. The van der Waals surface area contributed by atoms with Crippen LogP contribution in [0.2, 0.25) is 0 Å². The molecule has 0 unspecified atom stereocenters. The van der Waals surface area contributed by atoms with Gasteiger partial charge in [0.2, 0.25) is 5.91 Å². The van der Waals surface area contributed by atoms with Crippen molar-refractivity contribution >= 4 is 17.8 Å². The Morgan fingerprint density at radius 2 is 2.00 bits per heavy atom. The molecule has 0 heterocycles. The fraction of sp³-hybridized carbons (Fsp3) is 0.667. The Balaban J connectivity index is 3.90. The van der Waals surface area contributed by atoms with Crippen molar-refractivity contribution in [2.75, 3.05) is 6.54 Å². The number of carboxylic acids is 1. The fourth-order valence-electron chi connectivity index (χ4n) is 1.03. The number of carbonyl (C=O) groups is 2. The molecule has 2 atom stereocenters. The van der Waals surface area contributed by atoms with E-state index < -0.39 is 24.0 Å². The van der Waals surface area contributed by atoms with Crippen LogP contribution in [0.4, 0.5) is 0 Å². The van der Waals surface area contributed by atoms with Crippen LogP contribution in [0.3, 0.4) is 0 Å². The van der Waals surface area contributed by atoms with Crippen molar-refractivity contribution in [1.82, 2.24) is 5.32 Å². The van der Waals surface area contributed by atoms with E-state index in [2.05, 4.69) is 10.3 Å². The van der Waals surface area contributed by atoms with Crippen molar-refractivity contribution in [3.63, 3.8) is 0 Å². The second-order valence-corrected chi connectivity index (χ2v) is 3.62. The highest BCUT2D eigenvalue weighted by atomic mass is 16.4. The zero-order chi connectivity index (χ0) is 13.4. The fourth-order valence-corrected chi connectivity index (χ4v) is 1.03. The van der Waals surface area contributed by atoms with Gasteiger partial charge in [0.25, 0.3) is 0 Å². The van der Waals surface area contributed by atoms with E-state index in [1.807, 2.05) is 0 Å². The van der Waals surface area contributed by atoms with Crippen LogP contribution >= 0.6 is 0 Å². The molecule has 8 nitrogen and oxygen atoms in total. The molecule has 0 saturated carbocycles. The summed E-state index contributed by atoms with van der Waals surface area (Å²) in [5.41, 5.74) is 15.8. The van der Waals surface area contributed by atoms with Gasteiger partial charge in [-0.2, -0.15) is 0 Å². The maximum Gasteiger partial charge on any atom is 0.325 e. The third-order valence-electron chi connectivity index (χ3n) is 2.03. The van der Waals surface area contributed by atoms with E-state index in [4.69, 9.17) is 22.3 Å². The SMILES string of the molecule is C[C@@H](NC(=O)[C@@H](N)CCCN=C(N)N)C(=O)O. The lowest BCUT2D eigenvalue weighted by Gasteiger charge is -2.14. The maximum atomic E-state index is 11.4. The average molecular weight is 245 g/mol. The van der Waals surface area contributed by atoms with Crippen LogP contribution < -0.4 is 22.5 Å². The first kappa shape index (κ1) is 15.2. The largest absolute Gasteiger partial charge is 0.480 e. The van der Waals surface area contributed by atoms with E-state index in [9.17, 15) is 9.59 Å². The van der Waals surface area contributed by atoms with Gasteiger partial charge in [-0.1, -0.05) is 0 Å². The van der Waals surface area contributed by atoms with Gasteiger partial charge in [-0.15, -0.1) is 0 Å². The molecule has 0 aliphatic carbocycles. The lowest BCUT2D eigenvalue weighted by atomic mass is 10.1. The summed E-state index contributed by atoms with van der Waals surface area (Å²) in [5.74, 6) is -1.61. The van der Waals surface area contributed by atoms with Crippen LogP contribution in [0, 0.1) is 0 Å². The summed E-state index contributed by atoms with van der Waals surface area (Å²) in [4.78, 5) is 25.6. The second kappa shape index (κ2) is 7.44. The highest BCUT2D eigenvalue weighted by molar-refractivity contribution is 5.86. The van der Waals surface area contributed by atoms with Crippen molar-refractivity contribution in [2.45, 2.75) is 31.8 Å². The van der Waals surface area contributed by atoms with Gasteiger partial charge < -0.3 is 27.6 Å². The number of aliphatic imine (C=N–C) groups is 1. The molecular weight excluding hydrogens is 226 g/mol. The molecule has 8 N–H and O–H groups in total.